The standard InChI is InChI=1S/C19H17FO2/c1-19(2)16-14-10-12(20)8-9-13(14)17(21)15(16)18(22-19)11-6-4-3-5-7-11/h3-10,15-16,18H,1-2H3/t15-,16-,18-/m0/s1. The number of halogens is 1. The summed E-state index contributed by atoms with van der Waals surface area (Å²) in [5, 5.41) is 0. The molecule has 3 atom stereocenters. The maximum Gasteiger partial charge on any atom is 0.169 e. The lowest BCUT2D eigenvalue weighted by atomic mass is 9.80. The van der Waals surface area contributed by atoms with Gasteiger partial charge in [-0.1, -0.05) is 30.3 Å². The van der Waals surface area contributed by atoms with Crippen LogP contribution in [0.1, 0.15) is 47.4 Å². The van der Waals surface area contributed by atoms with E-state index in [9.17, 15) is 9.18 Å². The molecule has 0 N–H and O–H groups in total. The Hall–Kier alpha value is -2.00. The number of ether oxygens (including phenoxy) is 1. The molecule has 0 unspecified atom stereocenters. The van der Waals surface area contributed by atoms with Gasteiger partial charge in [0.1, 0.15) is 5.82 Å². The minimum absolute atomic E-state index is 0.0689. The third kappa shape index (κ3) is 1.78. The van der Waals surface area contributed by atoms with E-state index in [0.29, 0.717) is 5.56 Å². The van der Waals surface area contributed by atoms with Crippen LogP contribution in [-0.4, -0.2) is 11.4 Å². The van der Waals surface area contributed by atoms with Gasteiger partial charge in [-0.15, -0.1) is 0 Å². The van der Waals surface area contributed by atoms with E-state index in [-0.39, 0.29) is 29.5 Å². The highest BCUT2D eigenvalue weighted by atomic mass is 19.1. The van der Waals surface area contributed by atoms with Gasteiger partial charge in [0.25, 0.3) is 0 Å². The van der Waals surface area contributed by atoms with Crippen LogP contribution in [0.5, 0.6) is 0 Å². The quantitative estimate of drug-likeness (QED) is 0.785. The molecule has 2 aromatic carbocycles. The van der Waals surface area contributed by atoms with E-state index in [1.807, 2.05) is 44.2 Å². The lowest BCUT2D eigenvalue weighted by molar-refractivity contribution is -0.0265. The molecule has 1 fully saturated rings. The van der Waals surface area contributed by atoms with Gasteiger partial charge in [0, 0.05) is 11.5 Å². The normalized spacial score (nSPS) is 28.5. The Kier molecular flexibility index (Phi) is 2.79. The summed E-state index contributed by atoms with van der Waals surface area (Å²) in [6.45, 7) is 3.97. The first-order chi connectivity index (χ1) is 10.5. The lowest BCUT2D eigenvalue weighted by Gasteiger charge is -2.25. The van der Waals surface area contributed by atoms with Crippen LogP contribution in [-0.2, 0) is 4.74 Å². The average Bonchev–Trinajstić information content (AvgIpc) is 2.94. The molecule has 2 aromatic rings. The van der Waals surface area contributed by atoms with Gasteiger partial charge in [-0.3, -0.25) is 4.79 Å². The number of hydrogen-bond acceptors (Lipinski definition) is 2. The van der Waals surface area contributed by atoms with Crippen molar-refractivity contribution >= 4 is 5.78 Å². The first kappa shape index (κ1) is 13.6. The Labute approximate surface area is 128 Å². The van der Waals surface area contributed by atoms with E-state index in [1.54, 1.807) is 6.07 Å². The highest BCUT2D eigenvalue weighted by Crippen LogP contribution is 2.58. The number of rotatable bonds is 1. The van der Waals surface area contributed by atoms with E-state index in [1.165, 1.54) is 12.1 Å². The molecule has 4 rings (SSSR count). The Morgan fingerprint density at radius 3 is 2.55 bits per heavy atom. The van der Waals surface area contributed by atoms with Crippen molar-refractivity contribution in [1.82, 2.24) is 0 Å². The van der Waals surface area contributed by atoms with E-state index in [0.717, 1.165) is 11.1 Å². The van der Waals surface area contributed by atoms with Gasteiger partial charge in [-0.25, -0.2) is 4.39 Å². The van der Waals surface area contributed by atoms with Gasteiger partial charge in [0.05, 0.1) is 17.6 Å². The van der Waals surface area contributed by atoms with E-state index in [2.05, 4.69) is 0 Å². The Morgan fingerprint density at radius 2 is 1.82 bits per heavy atom. The SMILES string of the molecule is CC1(C)O[C@@H](c2ccccc2)[C@@H]2C(=O)c3ccc(F)cc3[C@@H]21. The van der Waals surface area contributed by atoms with Gasteiger partial charge < -0.3 is 4.74 Å². The predicted molar refractivity (Wildman–Crippen MR) is 81.3 cm³/mol. The van der Waals surface area contributed by atoms with Crippen LogP contribution in [0.4, 0.5) is 4.39 Å². The Bertz CT molecular complexity index is 751. The van der Waals surface area contributed by atoms with Crippen LogP contribution < -0.4 is 0 Å². The maximum absolute atomic E-state index is 13.7. The summed E-state index contributed by atoms with van der Waals surface area (Å²) in [7, 11) is 0. The predicted octanol–water partition coefficient (Wildman–Crippen LogP) is 4.27. The van der Waals surface area contributed by atoms with Crippen LogP contribution in [0.25, 0.3) is 0 Å². The van der Waals surface area contributed by atoms with Crippen molar-refractivity contribution in [2.24, 2.45) is 5.92 Å². The molecule has 0 bridgehead atoms. The van der Waals surface area contributed by atoms with Crippen molar-refractivity contribution in [3.05, 3.63) is 71.0 Å². The number of Topliss-reactive ketones (excluding diaryl/α,β-unsaturated/α-hetero) is 1. The van der Waals surface area contributed by atoms with Crippen LogP contribution in [0.15, 0.2) is 48.5 Å². The summed E-state index contributed by atoms with van der Waals surface area (Å²) in [5.41, 5.74) is 1.94. The summed E-state index contributed by atoms with van der Waals surface area (Å²) in [5.74, 6) is -0.601. The number of benzene rings is 2. The molecular weight excluding hydrogens is 279 g/mol. The van der Waals surface area contributed by atoms with Crippen LogP contribution in [0.3, 0.4) is 0 Å². The molecule has 2 aliphatic rings. The van der Waals surface area contributed by atoms with Crippen LogP contribution in [0, 0.1) is 11.7 Å². The largest absolute Gasteiger partial charge is 0.366 e. The molecule has 2 nitrogen and oxygen atoms in total. The molecule has 1 heterocycles. The van der Waals surface area contributed by atoms with Gasteiger partial charge in [-0.2, -0.15) is 0 Å². The monoisotopic (exact) mass is 296 g/mol. The second-order valence-electron chi connectivity index (χ2n) is 6.65. The van der Waals surface area contributed by atoms with Crippen LogP contribution in [0.2, 0.25) is 0 Å². The highest BCUT2D eigenvalue weighted by Gasteiger charge is 2.58. The van der Waals surface area contributed by atoms with Gasteiger partial charge in [-0.05, 0) is 43.2 Å². The van der Waals surface area contributed by atoms with Crippen molar-refractivity contribution in [2.45, 2.75) is 31.5 Å². The fraction of sp³-hybridized carbons (Fsp3) is 0.316. The van der Waals surface area contributed by atoms with Gasteiger partial charge in [0.2, 0.25) is 0 Å². The molecule has 0 spiro atoms. The Morgan fingerprint density at radius 1 is 1.09 bits per heavy atom. The molecule has 1 aliphatic heterocycles. The molecule has 1 aliphatic carbocycles. The zero-order valence-corrected chi connectivity index (χ0v) is 12.5. The second kappa shape index (κ2) is 4.50. The van der Waals surface area contributed by atoms with Gasteiger partial charge in [0.15, 0.2) is 5.78 Å². The number of carbonyl (C=O) groups is 1. The minimum atomic E-state index is -0.500. The van der Waals surface area contributed by atoms with Crippen molar-refractivity contribution in [1.29, 1.82) is 0 Å². The number of ketones is 1. The zero-order valence-electron chi connectivity index (χ0n) is 12.5. The average molecular weight is 296 g/mol. The summed E-state index contributed by atoms with van der Waals surface area (Å²) in [6.07, 6.45) is -0.274. The zero-order chi connectivity index (χ0) is 15.5. The summed E-state index contributed by atoms with van der Waals surface area (Å²) >= 11 is 0. The summed E-state index contributed by atoms with van der Waals surface area (Å²) < 4.78 is 19.9. The number of carbonyl (C=O) groups excluding carboxylic acids is 1. The molecule has 112 valence electrons. The van der Waals surface area contributed by atoms with E-state index in [4.69, 9.17) is 4.74 Å². The fourth-order valence-electron chi connectivity index (χ4n) is 4.05. The molecule has 0 aromatic heterocycles. The van der Waals surface area contributed by atoms with Crippen LogP contribution >= 0.6 is 0 Å². The Balaban J connectivity index is 1.86. The molecule has 0 amide bonds. The van der Waals surface area contributed by atoms with Gasteiger partial charge >= 0.3 is 0 Å². The van der Waals surface area contributed by atoms with Crippen molar-refractivity contribution in [2.75, 3.05) is 0 Å². The van der Waals surface area contributed by atoms with Crippen molar-refractivity contribution in [3.8, 4) is 0 Å². The lowest BCUT2D eigenvalue weighted by Crippen LogP contribution is -2.26. The fourth-order valence-corrected chi connectivity index (χ4v) is 4.05. The first-order valence-corrected chi connectivity index (χ1v) is 7.55. The smallest absolute Gasteiger partial charge is 0.169 e. The number of fused-ring (bicyclic) bond motifs is 3. The molecule has 1 saturated heterocycles. The van der Waals surface area contributed by atoms with Crippen molar-refractivity contribution < 1.29 is 13.9 Å². The summed E-state index contributed by atoms with van der Waals surface area (Å²) in [6, 6.07) is 14.3. The third-order valence-corrected chi connectivity index (χ3v) is 4.91. The maximum atomic E-state index is 13.7. The van der Waals surface area contributed by atoms with E-state index >= 15 is 0 Å². The summed E-state index contributed by atoms with van der Waals surface area (Å²) in [4.78, 5) is 12.9. The third-order valence-electron chi connectivity index (χ3n) is 4.91. The minimum Gasteiger partial charge on any atom is -0.366 e. The topological polar surface area (TPSA) is 26.3 Å². The molecular formula is C19H17FO2. The number of hydrogen-bond donors (Lipinski definition) is 0. The second-order valence-corrected chi connectivity index (χ2v) is 6.65. The molecule has 22 heavy (non-hydrogen) atoms. The van der Waals surface area contributed by atoms with E-state index < -0.39 is 5.60 Å². The molecule has 0 radical (unpaired) electrons. The molecule has 3 heteroatoms. The first-order valence-electron chi connectivity index (χ1n) is 7.55. The molecule has 0 saturated carbocycles. The highest BCUT2D eigenvalue weighted by molar-refractivity contribution is 6.04. The van der Waals surface area contributed by atoms with Crippen molar-refractivity contribution in [3.63, 3.8) is 0 Å².